The molecule has 0 saturated heterocycles. The number of halogens is 1. The maximum atomic E-state index is 14.2. The van der Waals surface area contributed by atoms with E-state index < -0.39 is 6.17 Å². The zero-order chi connectivity index (χ0) is 14.4. The van der Waals surface area contributed by atoms with Gasteiger partial charge in [-0.15, -0.1) is 5.10 Å². The fourth-order valence-corrected chi connectivity index (χ4v) is 2.74. The molecule has 0 aliphatic carbocycles. The molecule has 0 N–H and O–H groups in total. The van der Waals surface area contributed by atoms with E-state index >= 15 is 0 Å². The molecule has 2 aromatic heterocycles. The minimum atomic E-state index is -1.09. The van der Waals surface area contributed by atoms with Crippen LogP contribution in [0.4, 0.5) is 4.39 Å². The van der Waals surface area contributed by atoms with Gasteiger partial charge in [0.15, 0.2) is 12.0 Å². The largest absolute Gasteiger partial charge is 0.269 e. The van der Waals surface area contributed by atoms with Crippen LogP contribution in [-0.2, 0) is 0 Å². The van der Waals surface area contributed by atoms with Crippen LogP contribution in [0.5, 0.6) is 0 Å². The van der Waals surface area contributed by atoms with Gasteiger partial charge in [0.25, 0.3) is 5.95 Å². The van der Waals surface area contributed by atoms with Gasteiger partial charge in [-0.3, -0.25) is 0 Å². The van der Waals surface area contributed by atoms with Crippen LogP contribution in [0.2, 0.25) is 0 Å². The van der Waals surface area contributed by atoms with E-state index in [1.54, 1.807) is 15.6 Å². The Bertz CT molecular complexity index is 776. The number of aromatic nitrogens is 5. The first-order valence-electron chi connectivity index (χ1n) is 6.89. The second kappa shape index (κ2) is 4.51. The van der Waals surface area contributed by atoms with Crippen molar-refractivity contribution in [2.75, 3.05) is 0 Å². The van der Waals surface area contributed by atoms with Crippen LogP contribution in [-0.4, -0.2) is 24.5 Å². The van der Waals surface area contributed by atoms with Gasteiger partial charge in [-0.1, -0.05) is 30.3 Å². The molecule has 21 heavy (non-hydrogen) atoms. The highest BCUT2D eigenvalue weighted by atomic mass is 19.1. The maximum Gasteiger partial charge on any atom is 0.269 e. The number of hydrogen-bond acceptors (Lipinski definition) is 3. The highest BCUT2D eigenvalue weighted by molar-refractivity contribution is 5.25. The standard InChI is InChI=1S/C15H14FN5/c1-10-8-17-20(9-10)15-18-14-12(16)7-13(21(14)19-15)11-5-3-2-4-6-11/h2-6,8-9,12-13H,7H2,1H3/t12-,13-/m0/s1. The smallest absolute Gasteiger partial charge is 0.239 e. The normalized spacial score (nSPS) is 20.7. The van der Waals surface area contributed by atoms with Gasteiger partial charge in [0.05, 0.1) is 12.2 Å². The van der Waals surface area contributed by atoms with E-state index in [-0.39, 0.29) is 6.04 Å². The van der Waals surface area contributed by atoms with Crippen molar-refractivity contribution in [2.45, 2.75) is 25.6 Å². The molecule has 5 nitrogen and oxygen atoms in total. The molecule has 0 radical (unpaired) electrons. The van der Waals surface area contributed by atoms with E-state index in [1.165, 1.54) is 0 Å². The third kappa shape index (κ3) is 1.94. The number of benzene rings is 1. The summed E-state index contributed by atoms with van der Waals surface area (Å²) in [7, 11) is 0. The molecule has 3 aromatic rings. The molecular weight excluding hydrogens is 269 g/mol. The van der Waals surface area contributed by atoms with E-state index in [1.807, 2.05) is 43.5 Å². The molecule has 0 fully saturated rings. The van der Waals surface area contributed by atoms with Gasteiger partial charge in [-0.25, -0.2) is 13.8 Å². The van der Waals surface area contributed by atoms with Crippen LogP contribution < -0.4 is 0 Å². The van der Waals surface area contributed by atoms with E-state index in [9.17, 15) is 4.39 Å². The molecular formula is C15H14FN5. The van der Waals surface area contributed by atoms with Gasteiger partial charge in [-0.2, -0.15) is 10.1 Å². The summed E-state index contributed by atoms with van der Waals surface area (Å²) in [5.41, 5.74) is 2.06. The molecule has 1 aliphatic rings. The van der Waals surface area contributed by atoms with Crippen molar-refractivity contribution in [1.29, 1.82) is 0 Å². The van der Waals surface area contributed by atoms with E-state index in [2.05, 4.69) is 15.2 Å². The van der Waals surface area contributed by atoms with Crippen LogP contribution in [0.25, 0.3) is 5.95 Å². The quantitative estimate of drug-likeness (QED) is 0.726. The molecule has 106 valence electrons. The third-order valence-electron chi connectivity index (χ3n) is 3.75. The van der Waals surface area contributed by atoms with Gasteiger partial charge >= 0.3 is 0 Å². The minimum absolute atomic E-state index is 0.103. The molecule has 1 aromatic carbocycles. The van der Waals surface area contributed by atoms with Crippen molar-refractivity contribution < 1.29 is 4.39 Å². The average Bonchev–Trinajstić information content (AvgIpc) is 3.17. The predicted octanol–water partition coefficient (Wildman–Crippen LogP) is 2.78. The Morgan fingerprint density at radius 1 is 1.24 bits per heavy atom. The maximum absolute atomic E-state index is 14.2. The lowest BCUT2D eigenvalue weighted by Gasteiger charge is -2.11. The summed E-state index contributed by atoms with van der Waals surface area (Å²) in [5.74, 6) is 0.799. The fraction of sp³-hybridized carbons (Fsp3) is 0.267. The minimum Gasteiger partial charge on any atom is -0.239 e. The van der Waals surface area contributed by atoms with Crippen molar-refractivity contribution in [3.8, 4) is 5.95 Å². The first-order valence-corrected chi connectivity index (χ1v) is 6.89. The zero-order valence-electron chi connectivity index (χ0n) is 11.5. The third-order valence-corrected chi connectivity index (χ3v) is 3.75. The lowest BCUT2D eigenvalue weighted by atomic mass is 10.0. The monoisotopic (exact) mass is 283 g/mol. The van der Waals surface area contributed by atoms with Gasteiger partial charge < -0.3 is 0 Å². The Morgan fingerprint density at radius 2 is 2.05 bits per heavy atom. The summed E-state index contributed by atoms with van der Waals surface area (Å²) >= 11 is 0. The van der Waals surface area contributed by atoms with Crippen molar-refractivity contribution in [3.63, 3.8) is 0 Å². The van der Waals surface area contributed by atoms with Crippen LogP contribution in [0.15, 0.2) is 42.7 Å². The highest BCUT2D eigenvalue weighted by Gasteiger charge is 2.35. The van der Waals surface area contributed by atoms with Crippen molar-refractivity contribution in [1.82, 2.24) is 24.5 Å². The SMILES string of the molecule is Cc1cnn(-c2nc3n(n2)[C@H](c2ccccc2)C[C@@H]3F)c1. The van der Waals surface area contributed by atoms with Crippen LogP contribution in [0.3, 0.4) is 0 Å². The lowest BCUT2D eigenvalue weighted by Crippen LogP contribution is -2.08. The molecule has 3 heterocycles. The second-order valence-corrected chi connectivity index (χ2v) is 5.31. The number of aryl methyl sites for hydroxylation is 1. The topological polar surface area (TPSA) is 48.5 Å². The molecule has 2 atom stereocenters. The van der Waals surface area contributed by atoms with E-state index in [4.69, 9.17) is 0 Å². The number of rotatable bonds is 2. The number of alkyl halides is 1. The van der Waals surface area contributed by atoms with Crippen LogP contribution in [0, 0.1) is 6.92 Å². The highest BCUT2D eigenvalue weighted by Crippen LogP contribution is 2.39. The Balaban J connectivity index is 1.77. The summed E-state index contributed by atoms with van der Waals surface area (Å²) in [6, 6.07) is 9.74. The first-order chi connectivity index (χ1) is 10.2. The summed E-state index contributed by atoms with van der Waals surface area (Å²) in [6.45, 7) is 1.94. The zero-order valence-corrected chi connectivity index (χ0v) is 11.5. The molecule has 0 spiro atoms. The fourth-order valence-electron chi connectivity index (χ4n) is 2.74. The predicted molar refractivity (Wildman–Crippen MR) is 74.9 cm³/mol. The summed E-state index contributed by atoms with van der Waals surface area (Å²) in [4.78, 5) is 4.31. The molecule has 0 bridgehead atoms. The van der Waals surface area contributed by atoms with Gasteiger partial charge in [-0.05, 0) is 18.1 Å². The van der Waals surface area contributed by atoms with E-state index in [0.717, 1.165) is 11.1 Å². The summed E-state index contributed by atoms with van der Waals surface area (Å²) in [6.07, 6.45) is 2.86. The Hall–Kier alpha value is -2.50. The Labute approximate surface area is 121 Å². The summed E-state index contributed by atoms with van der Waals surface area (Å²) < 4.78 is 17.5. The number of fused-ring (bicyclic) bond motifs is 1. The Kier molecular flexibility index (Phi) is 2.63. The molecule has 6 heteroatoms. The van der Waals surface area contributed by atoms with E-state index in [0.29, 0.717) is 18.2 Å². The van der Waals surface area contributed by atoms with Gasteiger partial charge in [0, 0.05) is 12.6 Å². The molecule has 4 rings (SSSR count). The molecule has 0 unspecified atom stereocenters. The molecule has 0 saturated carbocycles. The van der Waals surface area contributed by atoms with Gasteiger partial charge in [0.1, 0.15) is 0 Å². The van der Waals surface area contributed by atoms with Crippen molar-refractivity contribution in [3.05, 3.63) is 59.7 Å². The van der Waals surface area contributed by atoms with Crippen LogP contribution >= 0.6 is 0 Å². The molecule has 1 aliphatic heterocycles. The lowest BCUT2D eigenvalue weighted by molar-refractivity contribution is 0.328. The average molecular weight is 283 g/mol. The summed E-state index contributed by atoms with van der Waals surface area (Å²) in [5, 5.41) is 8.63. The van der Waals surface area contributed by atoms with Gasteiger partial charge in [0.2, 0.25) is 0 Å². The van der Waals surface area contributed by atoms with Crippen molar-refractivity contribution >= 4 is 0 Å². The number of hydrogen-bond donors (Lipinski definition) is 0. The van der Waals surface area contributed by atoms with Crippen LogP contribution in [0.1, 0.15) is 35.6 Å². The van der Waals surface area contributed by atoms with Crippen molar-refractivity contribution in [2.24, 2.45) is 0 Å². The molecule has 0 amide bonds. The first kappa shape index (κ1) is 12.3. The Morgan fingerprint density at radius 3 is 2.76 bits per heavy atom. The number of nitrogens with zero attached hydrogens (tertiary/aromatic N) is 5. The second-order valence-electron chi connectivity index (χ2n) is 5.31.